The molecule has 1 aromatic rings. The van der Waals surface area contributed by atoms with Gasteiger partial charge in [-0.15, -0.1) is 34.2 Å². The van der Waals surface area contributed by atoms with E-state index in [4.69, 9.17) is 4.74 Å². The Kier molecular flexibility index (Phi) is 7.90. The molecule has 2 heterocycles. The molecule has 1 aliphatic rings. The van der Waals surface area contributed by atoms with E-state index in [9.17, 15) is 4.79 Å². The van der Waals surface area contributed by atoms with Gasteiger partial charge in [-0.05, 0) is 27.7 Å². The second-order valence-corrected chi connectivity index (χ2v) is 6.69. The summed E-state index contributed by atoms with van der Waals surface area (Å²) in [6, 6.07) is 0.160. The Labute approximate surface area is 165 Å². The number of hydrogen-bond donors (Lipinski definition) is 2. The van der Waals surface area contributed by atoms with Crippen molar-refractivity contribution in [3.8, 4) is 0 Å². The van der Waals surface area contributed by atoms with Crippen molar-refractivity contribution in [3.05, 3.63) is 12.2 Å². The molecule has 1 fully saturated rings. The minimum Gasteiger partial charge on any atom is -0.444 e. The lowest BCUT2D eigenvalue weighted by Crippen LogP contribution is -2.63. The third-order valence-electron chi connectivity index (χ3n) is 3.55. The van der Waals surface area contributed by atoms with Crippen LogP contribution in [0.3, 0.4) is 0 Å². The van der Waals surface area contributed by atoms with Crippen molar-refractivity contribution in [3.63, 3.8) is 0 Å². The fraction of sp³-hybridized carbons (Fsp3) is 0.733. The average Bonchev–Trinajstić information content (AvgIpc) is 2.90. The Bertz CT molecular complexity index is 591. The molecular weight excluding hydrogens is 437 g/mol. The molecule has 1 amide bonds. The van der Waals surface area contributed by atoms with Crippen LogP contribution in [0.2, 0.25) is 0 Å². The number of aromatic nitrogens is 3. The van der Waals surface area contributed by atoms with Crippen molar-refractivity contribution < 1.29 is 9.53 Å². The molecule has 142 valence electrons. The van der Waals surface area contributed by atoms with Gasteiger partial charge in [0.25, 0.3) is 0 Å². The maximum atomic E-state index is 11.9. The number of nitrogens with one attached hydrogen (secondary N) is 2. The highest BCUT2D eigenvalue weighted by atomic mass is 127. The first kappa shape index (κ1) is 21.5. The summed E-state index contributed by atoms with van der Waals surface area (Å²) in [5, 5.41) is 14.5. The van der Waals surface area contributed by atoms with Crippen LogP contribution >= 0.6 is 24.0 Å². The third kappa shape index (κ3) is 6.33. The van der Waals surface area contributed by atoms with Gasteiger partial charge in [-0.3, -0.25) is 4.99 Å². The number of carbonyl (C=O) groups is 1. The molecule has 25 heavy (non-hydrogen) atoms. The van der Waals surface area contributed by atoms with E-state index in [1.165, 1.54) is 0 Å². The predicted octanol–water partition coefficient (Wildman–Crippen LogP) is 1.20. The van der Waals surface area contributed by atoms with Gasteiger partial charge in [0.15, 0.2) is 11.8 Å². The topological polar surface area (TPSA) is 96.7 Å². The lowest BCUT2D eigenvalue weighted by Gasteiger charge is -2.40. The van der Waals surface area contributed by atoms with Crippen LogP contribution in [0, 0.1) is 0 Å². The Balaban J connectivity index is 0.00000312. The summed E-state index contributed by atoms with van der Waals surface area (Å²) in [6.07, 6.45) is 1.43. The molecule has 0 atom stereocenters. The van der Waals surface area contributed by atoms with Crippen molar-refractivity contribution in [1.29, 1.82) is 0 Å². The van der Waals surface area contributed by atoms with Gasteiger partial charge in [0.1, 0.15) is 11.9 Å². The molecule has 0 unspecified atom stereocenters. The maximum absolute atomic E-state index is 11.9. The van der Waals surface area contributed by atoms with Gasteiger partial charge >= 0.3 is 6.09 Å². The molecule has 1 aliphatic heterocycles. The van der Waals surface area contributed by atoms with E-state index in [1.807, 2.05) is 32.3 Å². The molecule has 10 heteroatoms. The van der Waals surface area contributed by atoms with Gasteiger partial charge in [0.2, 0.25) is 0 Å². The van der Waals surface area contributed by atoms with Crippen molar-refractivity contribution in [2.45, 2.75) is 52.4 Å². The van der Waals surface area contributed by atoms with Crippen LogP contribution in [0.1, 0.15) is 33.5 Å². The minimum absolute atomic E-state index is 0. The first-order valence-electron chi connectivity index (χ1n) is 8.14. The summed E-state index contributed by atoms with van der Waals surface area (Å²) in [7, 11) is 1.71. The number of amides is 1. The van der Waals surface area contributed by atoms with Gasteiger partial charge < -0.3 is 24.8 Å². The fourth-order valence-electron chi connectivity index (χ4n) is 2.28. The van der Waals surface area contributed by atoms with Gasteiger partial charge in [-0.25, -0.2) is 4.79 Å². The molecule has 0 radical (unpaired) electrons. The number of hydrogen-bond acceptors (Lipinski definition) is 5. The van der Waals surface area contributed by atoms with E-state index >= 15 is 0 Å². The SMILES string of the molecule is CCn1cnnc1CNC(=NC)NC1CN(C(=O)OC(C)(C)C)C1.I. The Morgan fingerprint density at radius 1 is 1.44 bits per heavy atom. The zero-order valence-corrected chi connectivity index (χ0v) is 17.8. The highest BCUT2D eigenvalue weighted by Crippen LogP contribution is 2.15. The number of aryl methyl sites for hydroxylation is 1. The van der Waals surface area contributed by atoms with E-state index in [0.717, 1.165) is 12.4 Å². The predicted molar refractivity (Wildman–Crippen MR) is 106 cm³/mol. The minimum atomic E-state index is -0.470. The number of rotatable bonds is 4. The number of ether oxygens (including phenoxy) is 1. The summed E-state index contributed by atoms with van der Waals surface area (Å²) >= 11 is 0. The highest BCUT2D eigenvalue weighted by Gasteiger charge is 2.34. The molecular formula is C15H28IN7O2. The van der Waals surface area contributed by atoms with Gasteiger partial charge in [0, 0.05) is 26.7 Å². The maximum Gasteiger partial charge on any atom is 0.410 e. The Morgan fingerprint density at radius 2 is 2.12 bits per heavy atom. The number of nitrogens with zero attached hydrogens (tertiary/aromatic N) is 5. The fourth-order valence-corrected chi connectivity index (χ4v) is 2.28. The van der Waals surface area contributed by atoms with Crippen LogP contribution in [0.5, 0.6) is 0 Å². The zero-order chi connectivity index (χ0) is 17.7. The Hall–Kier alpha value is -1.59. The second kappa shape index (κ2) is 9.20. The van der Waals surface area contributed by atoms with Crippen LogP contribution in [-0.4, -0.2) is 63.5 Å². The van der Waals surface area contributed by atoms with Gasteiger partial charge in [-0.1, -0.05) is 0 Å². The summed E-state index contributed by atoms with van der Waals surface area (Å²) in [5.74, 6) is 1.53. The molecule has 2 rings (SSSR count). The lowest BCUT2D eigenvalue weighted by molar-refractivity contribution is 0.00701. The van der Waals surface area contributed by atoms with Gasteiger partial charge in [0.05, 0.1) is 12.6 Å². The van der Waals surface area contributed by atoms with E-state index in [-0.39, 0.29) is 36.1 Å². The number of aliphatic imine (C=N–C) groups is 1. The molecule has 0 aromatic carbocycles. The summed E-state index contributed by atoms with van der Waals surface area (Å²) < 4.78 is 7.30. The van der Waals surface area contributed by atoms with Crippen LogP contribution in [-0.2, 0) is 17.8 Å². The van der Waals surface area contributed by atoms with Crippen LogP contribution in [0.4, 0.5) is 4.79 Å². The van der Waals surface area contributed by atoms with Crippen molar-refractivity contribution >= 4 is 36.0 Å². The smallest absolute Gasteiger partial charge is 0.410 e. The van der Waals surface area contributed by atoms with Crippen LogP contribution in [0.25, 0.3) is 0 Å². The van der Waals surface area contributed by atoms with Crippen molar-refractivity contribution in [2.75, 3.05) is 20.1 Å². The third-order valence-corrected chi connectivity index (χ3v) is 3.55. The normalized spacial score (nSPS) is 15.2. The number of likely N-dealkylation sites (tertiary alicyclic amines) is 1. The van der Waals surface area contributed by atoms with Crippen molar-refractivity contribution in [2.24, 2.45) is 4.99 Å². The average molecular weight is 465 g/mol. The molecule has 1 saturated heterocycles. The number of carbonyl (C=O) groups excluding carboxylic acids is 1. The van der Waals surface area contributed by atoms with Crippen LogP contribution in [0.15, 0.2) is 11.3 Å². The molecule has 2 N–H and O–H groups in total. The van der Waals surface area contributed by atoms with Crippen LogP contribution < -0.4 is 10.6 Å². The largest absolute Gasteiger partial charge is 0.444 e. The quantitative estimate of drug-likeness (QED) is 0.394. The monoisotopic (exact) mass is 465 g/mol. The molecule has 0 bridgehead atoms. The second-order valence-electron chi connectivity index (χ2n) is 6.69. The van der Waals surface area contributed by atoms with E-state index in [0.29, 0.717) is 25.6 Å². The van der Waals surface area contributed by atoms with E-state index in [2.05, 4.69) is 25.8 Å². The standard InChI is InChI=1S/C15H27N7O2.HI/c1-6-21-10-18-20-12(21)7-17-13(16-5)19-11-8-22(9-11)14(23)24-15(2,3)4;/h10-11H,6-9H2,1-5H3,(H2,16,17,19);1H. The van der Waals surface area contributed by atoms with E-state index in [1.54, 1.807) is 18.3 Å². The van der Waals surface area contributed by atoms with Crippen molar-refractivity contribution in [1.82, 2.24) is 30.3 Å². The first-order chi connectivity index (χ1) is 11.3. The summed E-state index contributed by atoms with van der Waals surface area (Å²) in [5.41, 5.74) is -0.470. The molecule has 9 nitrogen and oxygen atoms in total. The number of guanidine groups is 1. The molecule has 0 spiro atoms. The van der Waals surface area contributed by atoms with E-state index < -0.39 is 5.60 Å². The Morgan fingerprint density at radius 3 is 2.68 bits per heavy atom. The first-order valence-corrected chi connectivity index (χ1v) is 8.14. The molecule has 0 saturated carbocycles. The highest BCUT2D eigenvalue weighted by molar-refractivity contribution is 14.0. The lowest BCUT2D eigenvalue weighted by atomic mass is 10.1. The summed E-state index contributed by atoms with van der Waals surface area (Å²) in [6.45, 7) is 10.2. The molecule has 0 aliphatic carbocycles. The molecule has 1 aromatic heterocycles. The summed E-state index contributed by atoms with van der Waals surface area (Å²) in [4.78, 5) is 17.8. The zero-order valence-electron chi connectivity index (χ0n) is 15.4. The number of halogens is 1. The van der Waals surface area contributed by atoms with Gasteiger partial charge in [-0.2, -0.15) is 0 Å².